The van der Waals surface area contributed by atoms with Crippen molar-refractivity contribution in [2.24, 2.45) is 0 Å². The predicted octanol–water partition coefficient (Wildman–Crippen LogP) is 3.03. The summed E-state index contributed by atoms with van der Waals surface area (Å²) in [6.45, 7) is 5.78. The highest BCUT2D eigenvalue weighted by Crippen LogP contribution is 2.39. The van der Waals surface area contributed by atoms with Gasteiger partial charge in [-0.3, -0.25) is 9.48 Å². The van der Waals surface area contributed by atoms with Gasteiger partial charge < -0.3 is 5.32 Å². The van der Waals surface area contributed by atoms with Gasteiger partial charge in [-0.15, -0.1) is 0 Å². The van der Waals surface area contributed by atoms with Gasteiger partial charge in [-0.05, 0) is 38.7 Å². The Morgan fingerprint density at radius 3 is 2.95 bits per heavy atom. The highest BCUT2D eigenvalue weighted by molar-refractivity contribution is 7.19. The van der Waals surface area contributed by atoms with Gasteiger partial charge in [0.05, 0.1) is 22.5 Å². The Labute approximate surface area is 122 Å². The molecule has 0 fully saturated rings. The average molecular weight is 290 g/mol. The standard InChI is InChI=1S/C14H18N4OS/c1-8(2)18-12-10(7-15-18)5-4-6-11-13(12)20-14(17-11)16-9(3)19/h7-8H,4-6H2,1-3H3,(H,16,17,19). The summed E-state index contributed by atoms with van der Waals surface area (Å²) >= 11 is 1.55. The summed E-state index contributed by atoms with van der Waals surface area (Å²) in [6, 6.07) is 0.316. The number of anilines is 1. The summed E-state index contributed by atoms with van der Waals surface area (Å²) in [4.78, 5) is 16.9. The SMILES string of the molecule is CC(=O)Nc1nc2c(s1)-c1c(cnn1C(C)C)CCC2. The number of aromatic nitrogens is 3. The van der Waals surface area contributed by atoms with E-state index in [0.29, 0.717) is 11.2 Å². The molecular weight excluding hydrogens is 272 g/mol. The maximum absolute atomic E-state index is 11.2. The molecule has 1 aliphatic carbocycles. The molecule has 0 unspecified atom stereocenters. The zero-order valence-electron chi connectivity index (χ0n) is 11.9. The number of aryl methyl sites for hydroxylation is 2. The molecule has 0 spiro atoms. The van der Waals surface area contributed by atoms with Crippen LogP contribution in [-0.4, -0.2) is 20.7 Å². The van der Waals surface area contributed by atoms with Crippen LogP contribution in [0.2, 0.25) is 0 Å². The highest BCUT2D eigenvalue weighted by Gasteiger charge is 2.24. The van der Waals surface area contributed by atoms with Crippen LogP contribution in [0.15, 0.2) is 6.20 Å². The fourth-order valence-corrected chi connectivity index (χ4v) is 3.71. The molecule has 106 valence electrons. The molecule has 3 rings (SSSR count). The van der Waals surface area contributed by atoms with Crippen molar-refractivity contribution in [2.75, 3.05) is 5.32 Å². The first kappa shape index (κ1) is 13.3. The third kappa shape index (κ3) is 2.24. The molecule has 0 aromatic carbocycles. The fourth-order valence-electron chi connectivity index (χ4n) is 2.58. The second-order valence-electron chi connectivity index (χ2n) is 5.39. The van der Waals surface area contributed by atoms with Gasteiger partial charge in [0, 0.05) is 13.0 Å². The van der Waals surface area contributed by atoms with Crippen molar-refractivity contribution >= 4 is 22.4 Å². The monoisotopic (exact) mass is 290 g/mol. The Balaban J connectivity index is 2.12. The normalized spacial score (nSPS) is 13.8. The van der Waals surface area contributed by atoms with Gasteiger partial charge >= 0.3 is 0 Å². The van der Waals surface area contributed by atoms with Crippen LogP contribution in [0.5, 0.6) is 0 Å². The molecule has 0 atom stereocenters. The molecule has 1 N–H and O–H groups in total. The van der Waals surface area contributed by atoms with E-state index in [9.17, 15) is 4.79 Å². The number of rotatable bonds is 2. The molecule has 0 radical (unpaired) electrons. The average Bonchev–Trinajstić information content (AvgIpc) is 2.89. The van der Waals surface area contributed by atoms with Crippen LogP contribution in [0.1, 0.15) is 44.5 Å². The number of amides is 1. The number of thiazole rings is 1. The van der Waals surface area contributed by atoms with E-state index in [4.69, 9.17) is 0 Å². The first-order valence-electron chi connectivity index (χ1n) is 6.90. The third-order valence-corrected chi connectivity index (χ3v) is 4.44. The fraction of sp³-hybridized carbons (Fsp3) is 0.500. The van der Waals surface area contributed by atoms with Crippen LogP contribution >= 0.6 is 11.3 Å². The maximum atomic E-state index is 11.2. The summed E-state index contributed by atoms with van der Waals surface area (Å²) in [5.41, 5.74) is 3.55. The van der Waals surface area contributed by atoms with E-state index < -0.39 is 0 Å². The zero-order chi connectivity index (χ0) is 14.3. The Morgan fingerprint density at radius 2 is 2.25 bits per heavy atom. The molecule has 0 saturated heterocycles. The molecule has 1 amide bonds. The molecule has 20 heavy (non-hydrogen) atoms. The van der Waals surface area contributed by atoms with Gasteiger partial charge in [0.25, 0.3) is 0 Å². The Bertz CT molecular complexity index is 656. The number of carbonyl (C=O) groups excluding carboxylic acids is 1. The minimum absolute atomic E-state index is 0.0773. The number of nitrogens with zero attached hydrogens (tertiary/aromatic N) is 3. The minimum atomic E-state index is -0.0773. The van der Waals surface area contributed by atoms with E-state index in [1.807, 2.05) is 6.20 Å². The maximum Gasteiger partial charge on any atom is 0.223 e. The number of fused-ring (bicyclic) bond motifs is 3. The van der Waals surface area contributed by atoms with Gasteiger partial charge in [-0.2, -0.15) is 5.10 Å². The summed E-state index contributed by atoms with van der Waals surface area (Å²) in [5.74, 6) is -0.0773. The van der Waals surface area contributed by atoms with Crippen molar-refractivity contribution in [3.8, 4) is 10.6 Å². The second-order valence-corrected chi connectivity index (χ2v) is 6.39. The molecule has 6 heteroatoms. The third-order valence-electron chi connectivity index (χ3n) is 3.42. The van der Waals surface area contributed by atoms with Crippen molar-refractivity contribution < 1.29 is 4.79 Å². The van der Waals surface area contributed by atoms with Crippen LogP contribution in [0.4, 0.5) is 5.13 Å². The van der Waals surface area contributed by atoms with E-state index >= 15 is 0 Å². The molecule has 0 aliphatic heterocycles. The molecule has 5 nitrogen and oxygen atoms in total. The van der Waals surface area contributed by atoms with Crippen molar-refractivity contribution in [3.05, 3.63) is 17.5 Å². The van der Waals surface area contributed by atoms with Crippen molar-refractivity contribution in [3.63, 3.8) is 0 Å². The molecular formula is C14H18N4OS. The molecule has 0 bridgehead atoms. The van der Waals surface area contributed by atoms with Gasteiger partial charge in [-0.1, -0.05) is 11.3 Å². The Kier molecular flexibility index (Phi) is 3.33. The lowest BCUT2D eigenvalue weighted by Crippen LogP contribution is -2.05. The summed E-state index contributed by atoms with van der Waals surface area (Å²) in [5, 5.41) is 8.00. The number of carbonyl (C=O) groups is 1. The van der Waals surface area contributed by atoms with E-state index in [2.05, 4.69) is 33.9 Å². The molecule has 2 heterocycles. The Morgan fingerprint density at radius 1 is 1.45 bits per heavy atom. The Hall–Kier alpha value is -1.69. The summed E-state index contributed by atoms with van der Waals surface area (Å²) in [6.07, 6.45) is 5.05. The molecule has 2 aromatic heterocycles. The summed E-state index contributed by atoms with van der Waals surface area (Å²) in [7, 11) is 0. The summed E-state index contributed by atoms with van der Waals surface area (Å²) < 4.78 is 2.06. The quantitative estimate of drug-likeness (QED) is 0.924. The van der Waals surface area contributed by atoms with Crippen molar-refractivity contribution in [2.45, 2.75) is 46.1 Å². The zero-order valence-corrected chi connectivity index (χ0v) is 12.8. The topological polar surface area (TPSA) is 59.8 Å². The predicted molar refractivity (Wildman–Crippen MR) is 80.0 cm³/mol. The van der Waals surface area contributed by atoms with Crippen molar-refractivity contribution in [1.82, 2.24) is 14.8 Å². The van der Waals surface area contributed by atoms with E-state index in [1.54, 1.807) is 11.3 Å². The lowest BCUT2D eigenvalue weighted by Gasteiger charge is -2.10. The van der Waals surface area contributed by atoms with Crippen LogP contribution in [0.3, 0.4) is 0 Å². The van der Waals surface area contributed by atoms with E-state index in [0.717, 1.165) is 29.8 Å². The van der Waals surface area contributed by atoms with Gasteiger partial charge in [0.1, 0.15) is 0 Å². The van der Waals surface area contributed by atoms with Gasteiger partial charge in [0.15, 0.2) is 5.13 Å². The number of hydrogen-bond acceptors (Lipinski definition) is 4. The van der Waals surface area contributed by atoms with Crippen LogP contribution < -0.4 is 5.32 Å². The first-order valence-corrected chi connectivity index (χ1v) is 7.72. The minimum Gasteiger partial charge on any atom is -0.302 e. The van der Waals surface area contributed by atoms with Crippen LogP contribution in [-0.2, 0) is 17.6 Å². The number of hydrogen-bond donors (Lipinski definition) is 1. The second kappa shape index (κ2) is 5.01. The largest absolute Gasteiger partial charge is 0.302 e. The lowest BCUT2D eigenvalue weighted by molar-refractivity contribution is -0.114. The van der Waals surface area contributed by atoms with Gasteiger partial charge in [-0.25, -0.2) is 4.98 Å². The molecule has 2 aromatic rings. The highest BCUT2D eigenvalue weighted by atomic mass is 32.1. The van der Waals surface area contributed by atoms with Crippen LogP contribution in [0.25, 0.3) is 10.6 Å². The van der Waals surface area contributed by atoms with Crippen LogP contribution in [0, 0.1) is 0 Å². The first-order chi connectivity index (χ1) is 9.56. The smallest absolute Gasteiger partial charge is 0.223 e. The van der Waals surface area contributed by atoms with Gasteiger partial charge in [0.2, 0.25) is 5.91 Å². The molecule has 1 aliphatic rings. The molecule has 0 saturated carbocycles. The van der Waals surface area contributed by atoms with E-state index in [-0.39, 0.29) is 5.91 Å². The van der Waals surface area contributed by atoms with E-state index in [1.165, 1.54) is 18.2 Å². The lowest BCUT2D eigenvalue weighted by atomic mass is 10.1. The van der Waals surface area contributed by atoms with Crippen molar-refractivity contribution in [1.29, 1.82) is 0 Å². The number of nitrogens with one attached hydrogen (secondary N) is 1.